The third kappa shape index (κ3) is 18.7. The molecule has 2 nitrogen and oxygen atoms in total. The van der Waals surface area contributed by atoms with Crippen LogP contribution in [0.15, 0.2) is 0 Å². The highest BCUT2D eigenvalue weighted by molar-refractivity contribution is 5.76. The second-order valence-electron chi connectivity index (χ2n) is 10.2. The number of rotatable bonds is 24. The molecule has 0 amide bonds. The zero-order valence-corrected chi connectivity index (χ0v) is 22.1. The third-order valence-corrected chi connectivity index (χ3v) is 6.89. The molecule has 0 aromatic rings. The summed E-state index contributed by atoms with van der Waals surface area (Å²) in [5, 5.41) is 0. The van der Waals surface area contributed by atoms with Crippen LogP contribution in [0, 0.1) is 5.41 Å². The van der Waals surface area contributed by atoms with Gasteiger partial charge in [0.15, 0.2) is 0 Å². The van der Waals surface area contributed by atoms with Crippen LogP contribution in [0.2, 0.25) is 0 Å². The molecule has 1 atom stereocenters. The van der Waals surface area contributed by atoms with Crippen molar-refractivity contribution >= 4 is 5.97 Å². The van der Waals surface area contributed by atoms with Gasteiger partial charge < -0.3 is 4.74 Å². The van der Waals surface area contributed by atoms with Gasteiger partial charge >= 0.3 is 5.97 Å². The minimum absolute atomic E-state index is 0.0773. The summed E-state index contributed by atoms with van der Waals surface area (Å²) in [6.07, 6.45) is 27.8. The normalized spacial score (nSPS) is 13.3. The van der Waals surface area contributed by atoms with Crippen molar-refractivity contribution < 1.29 is 9.53 Å². The summed E-state index contributed by atoms with van der Waals surface area (Å²) in [6, 6.07) is 0. The van der Waals surface area contributed by atoms with Gasteiger partial charge in [-0.1, -0.05) is 143 Å². The summed E-state index contributed by atoms with van der Waals surface area (Å²) >= 11 is 0. The summed E-state index contributed by atoms with van der Waals surface area (Å²) in [6.45, 7) is 9.58. The second-order valence-corrected chi connectivity index (χ2v) is 10.2. The lowest BCUT2D eigenvalue weighted by atomic mass is 9.79. The van der Waals surface area contributed by atoms with Gasteiger partial charge in [0.1, 0.15) is 0 Å². The van der Waals surface area contributed by atoms with Crippen molar-refractivity contribution in [3.05, 3.63) is 0 Å². The Bertz CT molecular complexity index is 379. The van der Waals surface area contributed by atoms with Gasteiger partial charge in [-0.05, 0) is 26.2 Å². The smallest absolute Gasteiger partial charge is 0.311 e. The van der Waals surface area contributed by atoms with E-state index in [1.807, 2.05) is 0 Å². The first-order chi connectivity index (χ1) is 15.1. The molecule has 2 heteroatoms. The molecule has 0 aliphatic rings. The topological polar surface area (TPSA) is 26.3 Å². The van der Waals surface area contributed by atoms with E-state index in [-0.39, 0.29) is 11.4 Å². The van der Waals surface area contributed by atoms with Crippen molar-refractivity contribution in [2.24, 2.45) is 5.41 Å². The molecule has 0 bridgehead atoms. The lowest BCUT2D eigenvalue weighted by molar-refractivity contribution is -0.156. The Morgan fingerprint density at radius 2 is 0.839 bits per heavy atom. The number of carbonyl (C=O) groups excluding carboxylic acids is 1. The van der Waals surface area contributed by atoms with Crippen molar-refractivity contribution in [3.8, 4) is 0 Å². The maximum absolute atomic E-state index is 12.9. The van der Waals surface area contributed by atoms with Crippen LogP contribution in [0.1, 0.15) is 169 Å². The van der Waals surface area contributed by atoms with Crippen LogP contribution < -0.4 is 0 Å². The maximum atomic E-state index is 12.9. The van der Waals surface area contributed by atoms with Crippen molar-refractivity contribution in [2.75, 3.05) is 6.61 Å². The Kier molecular flexibility index (Phi) is 22.3. The van der Waals surface area contributed by atoms with Gasteiger partial charge in [-0.15, -0.1) is 0 Å². The number of carbonyl (C=O) groups is 1. The molecule has 0 aromatic heterocycles. The van der Waals surface area contributed by atoms with Gasteiger partial charge in [0, 0.05) is 0 Å². The second kappa shape index (κ2) is 22.7. The Hall–Kier alpha value is -0.530. The van der Waals surface area contributed by atoms with Crippen LogP contribution in [0.25, 0.3) is 0 Å². The molecule has 186 valence electrons. The molecule has 1 unspecified atom stereocenters. The lowest BCUT2D eigenvalue weighted by Crippen LogP contribution is -2.30. The fourth-order valence-corrected chi connectivity index (χ4v) is 4.50. The van der Waals surface area contributed by atoms with Crippen LogP contribution in [0.5, 0.6) is 0 Å². The molecule has 0 saturated heterocycles. The Morgan fingerprint density at radius 1 is 0.516 bits per heavy atom. The standard InChI is InChI=1S/C29H58O2/c1-5-8-11-14-16-17-18-19-21-24-27-31-28(30)29(4,25-22-13-10-7-3)26-23-20-15-12-9-6-2/h5-27H2,1-4H3. The van der Waals surface area contributed by atoms with Gasteiger partial charge in [-0.25, -0.2) is 0 Å². The van der Waals surface area contributed by atoms with E-state index in [9.17, 15) is 4.79 Å². The average Bonchev–Trinajstić information content (AvgIpc) is 2.77. The van der Waals surface area contributed by atoms with Gasteiger partial charge in [-0.3, -0.25) is 4.79 Å². The number of hydrogen-bond acceptors (Lipinski definition) is 2. The molecule has 0 aromatic carbocycles. The zero-order valence-electron chi connectivity index (χ0n) is 22.1. The highest BCUT2D eigenvalue weighted by atomic mass is 16.5. The van der Waals surface area contributed by atoms with Crippen LogP contribution in [-0.4, -0.2) is 12.6 Å². The Labute approximate surface area is 196 Å². The van der Waals surface area contributed by atoms with Crippen molar-refractivity contribution in [1.82, 2.24) is 0 Å². The molecule has 0 spiro atoms. The van der Waals surface area contributed by atoms with E-state index in [4.69, 9.17) is 4.74 Å². The summed E-state index contributed by atoms with van der Waals surface area (Å²) < 4.78 is 5.79. The molecular formula is C29H58O2. The third-order valence-electron chi connectivity index (χ3n) is 6.89. The average molecular weight is 439 g/mol. The van der Waals surface area contributed by atoms with E-state index in [2.05, 4.69) is 27.7 Å². The highest BCUT2D eigenvalue weighted by Gasteiger charge is 2.33. The minimum Gasteiger partial charge on any atom is -0.465 e. The van der Waals surface area contributed by atoms with E-state index in [0.717, 1.165) is 25.7 Å². The molecule has 0 heterocycles. The molecule has 0 fully saturated rings. The predicted octanol–water partition coefficient (Wildman–Crippen LogP) is 10.2. The van der Waals surface area contributed by atoms with Gasteiger partial charge in [-0.2, -0.15) is 0 Å². The summed E-state index contributed by atoms with van der Waals surface area (Å²) in [5.41, 5.74) is -0.267. The highest BCUT2D eigenvalue weighted by Crippen LogP contribution is 2.33. The van der Waals surface area contributed by atoms with Gasteiger partial charge in [0.2, 0.25) is 0 Å². The Morgan fingerprint density at radius 3 is 1.26 bits per heavy atom. The van der Waals surface area contributed by atoms with Gasteiger partial charge in [0.05, 0.1) is 12.0 Å². The SMILES string of the molecule is CCCCCCCCCCCCOC(=O)C(C)(CCCCCC)CCCCCCCC. The molecule has 0 saturated carbocycles. The maximum Gasteiger partial charge on any atom is 0.311 e. The number of ether oxygens (including phenoxy) is 1. The summed E-state index contributed by atoms with van der Waals surface area (Å²) in [7, 11) is 0. The van der Waals surface area contributed by atoms with E-state index < -0.39 is 0 Å². The number of unbranched alkanes of at least 4 members (excludes halogenated alkanes) is 17. The molecule has 0 rings (SSSR count). The fourth-order valence-electron chi connectivity index (χ4n) is 4.50. The molecule has 0 radical (unpaired) electrons. The largest absolute Gasteiger partial charge is 0.465 e. The van der Waals surface area contributed by atoms with Crippen LogP contribution in [0.4, 0.5) is 0 Å². The van der Waals surface area contributed by atoms with E-state index in [1.165, 1.54) is 116 Å². The first kappa shape index (κ1) is 30.5. The Balaban J connectivity index is 4.05. The van der Waals surface area contributed by atoms with E-state index >= 15 is 0 Å². The number of hydrogen-bond donors (Lipinski definition) is 0. The van der Waals surface area contributed by atoms with Gasteiger partial charge in [0.25, 0.3) is 0 Å². The quantitative estimate of drug-likeness (QED) is 0.111. The fraction of sp³-hybridized carbons (Fsp3) is 0.966. The van der Waals surface area contributed by atoms with E-state index in [1.54, 1.807) is 0 Å². The van der Waals surface area contributed by atoms with E-state index in [0.29, 0.717) is 6.61 Å². The van der Waals surface area contributed by atoms with Crippen LogP contribution in [-0.2, 0) is 9.53 Å². The minimum atomic E-state index is -0.267. The van der Waals surface area contributed by atoms with Crippen LogP contribution >= 0.6 is 0 Å². The molecular weight excluding hydrogens is 380 g/mol. The molecule has 0 aliphatic heterocycles. The lowest BCUT2D eigenvalue weighted by Gasteiger charge is -2.27. The molecule has 31 heavy (non-hydrogen) atoms. The van der Waals surface area contributed by atoms with Crippen molar-refractivity contribution in [3.63, 3.8) is 0 Å². The zero-order chi connectivity index (χ0) is 23.0. The molecule has 0 aliphatic carbocycles. The monoisotopic (exact) mass is 438 g/mol. The first-order valence-electron chi connectivity index (χ1n) is 14.3. The van der Waals surface area contributed by atoms with Crippen LogP contribution in [0.3, 0.4) is 0 Å². The summed E-state index contributed by atoms with van der Waals surface area (Å²) in [5.74, 6) is 0.0773. The first-order valence-corrected chi connectivity index (χ1v) is 14.3. The van der Waals surface area contributed by atoms with Crippen molar-refractivity contribution in [1.29, 1.82) is 0 Å². The summed E-state index contributed by atoms with van der Waals surface area (Å²) in [4.78, 5) is 12.9. The number of esters is 1. The van der Waals surface area contributed by atoms with Crippen molar-refractivity contribution in [2.45, 2.75) is 169 Å². The predicted molar refractivity (Wildman–Crippen MR) is 138 cm³/mol. The molecule has 0 N–H and O–H groups in total.